The van der Waals surface area contributed by atoms with Crippen molar-refractivity contribution in [1.82, 2.24) is 5.32 Å². The molecule has 2 saturated carbocycles. The Morgan fingerprint density at radius 1 is 1.14 bits per heavy atom. The first-order chi connectivity index (χ1) is 10.5. The molecule has 1 aromatic carbocycles. The number of carbonyl (C=O) groups is 1. The number of ether oxygens (including phenoxy) is 1. The number of carbonyl (C=O) groups excluding carboxylic acids is 1. The lowest BCUT2D eigenvalue weighted by Crippen LogP contribution is -2.63. The molecule has 2 aliphatic carbocycles. The Kier molecular flexibility index (Phi) is 3.51. The summed E-state index contributed by atoms with van der Waals surface area (Å²) in [5.74, 6) is 1.38. The second-order valence-electron chi connectivity index (χ2n) is 6.79. The van der Waals surface area contributed by atoms with Gasteiger partial charge >= 0.3 is 6.03 Å². The normalized spacial score (nSPS) is 35.5. The Bertz CT molecular complexity index is 585. The number of hydrogen-bond donors (Lipinski definition) is 2. The highest BCUT2D eigenvalue weighted by Gasteiger charge is 2.52. The molecule has 0 spiro atoms. The van der Waals surface area contributed by atoms with Crippen LogP contribution in [0.4, 0.5) is 10.5 Å². The van der Waals surface area contributed by atoms with Gasteiger partial charge in [0.05, 0.1) is 16.1 Å². The minimum absolute atomic E-state index is 0.250. The summed E-state index contributed by atoms with van der Waals surface area (Å²) < 4.78 is 6.14. The molecule has 4 fully saturated rings. The quantitative estimate of drug-likeness (QED) is 0.837. The van der Waals surface area contributed by atoms with E-state index in [0.29, 0.717) is 33.7 Å². The Hall–Kier alpha value is -0.970. The van der Waals surface area contributed by atoms with Gasteiger partial charge in [-0.3, -0.25) is 0 Å². The Balaban J connectivity index is 1.44. The molecular formula is C16H18Cl2N2O2. The van der Waals surface area contributed by atoms with Gasteiger partial charge < -0.3 is 15.4 Å². The lowest BCUT2D eigenvalue weighted by molar-refractivity contribution is -0.227. The van der Waals surface area contributed by atoms with Crippen molar-refractivity contribution >= 4 is 34.9 Å². The van der Waals surface area contributed by atoms with Gasteiger partial charge in [0.15, 0.2) is 0 Å². The van der Waals surface area contributed by atoms with Gasteiger partial charge in [-0.25, -0.2) is 4.79 Å². The molecule has 2 saturated heterocycles. The van der Waals surface area contributed by atoms with Crippen LogP contribution in [0.2, 0.25) is 10.0 Å². The third-order valence-electron chi connectivity index (χ3n) is 5.01. The Labute approximate surface area is 139 Å². The van der Waals surface area contributed by atoms with Crippen LogP contribution < -0.4 is 10.6 Å². The van der Waals surface area contributed by atoms with Crippen molar-refractivity contribution in [3.63, 3.8) is 0 Å². The molecule has 22 heavy (non-hydrogen) atoms. The van der Waals surface area contributed by atoms with Gasteiger partial charge in [-0.05, 0) is 62.1 Å². The van der Waals surface area contributed by atoms with E-state index in [1.807, 2.05) is 0 Å². The first-order valence-electron chi connectivity index (χ1n) is 7.73. The molecule has 2 amide bonds. The van der Waals surface area contributed by atoms with Crippen LogP contribution in [-0.2, 0) is 4.74 Å². The van der Waals surface area contributed by atoms with E-state index in [2.05, 4.69) is 10.6 Å². The van der Waals surface area contributed by atoms with Crippen molar-refractivity contribution in [2.75, 3.05) is 5.32 Å². The zero-order chi connectivity index (χ0) is 15.3. The second kappa shape index (κ2) is 5.29. The molecule has 2 unspecified atom stereocenters. The lowest BCUT2D eigenvalue weighted by Gasteiger charge is -2.56. The van der Waals surface area contributed by atoms with Gasteiger partial charge in [0, 0.05) is 5.69 Å². The zero-order valence-electron chi connectivity index (χ0n) is 12.1. The molecule has 2 atom stereocenters. The number of halogens is 2. The average molecular weight is 341 g/mol. The molecule has 4 bridgehead atoms. The van der Waals surface area contributed by atoms with Crippen molar-refractivity contribution in [2.24, 2.45) is 11.8 Å². The summed E-state index contributed by atoms with van der Waals surface area (Å²) in [6.07, 6.45) is 5.75. The average Bonchev–Trinajstić information content (AvgIpc) is 2.40. The Morgan fingerprint density at radius 2 is 1.86 bits per heavy atom. The third kappa shape index (κ3) is 2.68. The summed E-state index contributed by atoms with van der Waals surface area (Å²) in [5.41, 5.74) is 0.145. The van der Waals surface area contributed by atoms with Crippen LogP contribution in [0.25, 0.3) is 0 Å². The number of hydrogen-bond acceptors (Lipinski definition) is 2. The summed E-state index contributed by atoms with van der Waals surface area (Å²) in [7, 11) is 0. The van der Waals surface area contributed by atoms with E-state index < -0.39 is 5.72 Å². The molecule has 1 aromatic rings. The molecule has 4 aliphatic rings. The van der Waals surface area contributed by atoms with E-state index >= 15 is 0 Å². The molecule has 5 rings (SSSR count). The fraction of sp³-hybridized carbons (Fsp3) is 0.562. The van der Waals surface area contributed by atoms with E-state index in [4.69, 9.17) is 27.9 Å². The van der Waals surface area contributed by atoms with Crippen LogP contribution >= 0.6 is 23.2 Å². The lowest BCUT2D eigenvalue weighted by atomic mass is 9.65. The molecule has 0 radical (unpaired) electrons. The molecule has 2 heterocycles. The number of anilines is 1. The fourth-order valence-corrected chi connectivity index (χ4v) is 4.74. The maximum Gasteiger partial charge on any atom is 0.321 e. The summed E-state index contributed by atoms with van der Waals surface area (Å²) in [5, 5.41) is 6.76. The second-order valence-corrected chi connectivity index (χ2v) is 7.60. The van der Waals surface area contributed by atoms with Crippen molar-refractivity contribution in [2.45, 2.75) is 43.9 Å². The topological polar surface area (TPSA) is 50.4 Å². The van der Waals surface area contributed by atoms with Gasteiger partial charge in [-0.1, -0.05) is 23.2 Å². The van der Waals surface area contributed by atoms with Gasteiger partial charge in [-0.2, -0.15) is 0 Å². The number of urea groups is 1. The molecule has 2 N–H and O–H groups in total. The summed E-state index contributed by atoms with van der Waals surface area (Å²) in [6.45, 7) is 0. The molecule has 0 aromatic heterocycles. The van der Waals surface area contributed by atoms with Crippen molar-refractivity contribution in [3.05, 3.63) is 28.2 Å². The van der Waals surface area contributed by atoms with Crippen molar-refractivity contribution in [1.29, 1.82) is 0 Å². The maximum absolute atomic E-state index is 12.3. The van der Waals surface area contributed by atoms with Crippen LogP contribution in [0, 0.1) is 11.8 Å². The molecule has 118 valence electrons. The maximum atomic E-state index is 12.3. The van der Waals surface area contributed by atoms with Crippen LogP contribution in [0.3, 0.4) is 0 Å². The van der Waals surface area contributed by atoms with Gasteiger partial charge in [-0.15, -0.1) is 0 Å². The SMILES string of the molecule is O=C(Nc1ccc(Cl)c(Cl)c1)NC12CC3CC(CC(C3)O1)C2. The van der Waals surface area contributed by atoms with Crippen molar-refractivity contribution in [3.8, 4) is 0 Å². The summed E-state index contributed by atoms with van der Waals surface area (Å²) in [4.78, 5) is 12.3. The van der Waals surface area contributed by atoms with E-state index in [1.165, 1.54) is 6.42 Å². The standard InChI is InChI=1S/C16H18Cl2N2O2/c17-13-2-1-11(6-14(13)18)19-15(21)20-16-7-9-3-10(8-16)5-12(4-9)22-16/h1-2,6,9-10,12H,3-5,7-8H2,(H2,19,20,21). The van der Waals surface area contributed by atoms with E-state index in [1.54, 1.807) is 18.2 Å². The molecule has 4 nitrogen and oxygen atoms in total. The number of amides is 2. The molecular weight excluding hydrogens is 323 g/mol. The predicted octanol–water partition coefficient (Wildman–Crippen LogP) is 4.42. The number of rotatable bonds is 2. The first kappa shape index (κ1) is 14.6. The van der Waals surface area contributed by atoms with Crippen molar-refractivity contribution < 1.29 is 9.53 Å². The highest BCUT2D eigenvalue weighted by molar-refractivity contribution is 6.42. The fourth-order valence-electron chi connectivity index (χ4n) is 4.44. The van der Waals surface area contributed by atoms with Gasteiger partial charge in [0.1, 0.15) is 5.72 Å². The minimum Gasteiger partial charge on any atom is -0.352 e. The largest absolute Gasteiger partial charge is 0.352 e. The Morgan fingerprint density at radius 3 is 2.50 bits per heavy atom. The minimum atomic E-state index is -0.477. The van der Waals surface area contributed by atoms with Crippen LogP contribution in [0.5, 0.6) is 0 Å². The summed E-state index contributed by atoms with van der Waals surface area (Å²) in [6, 6.07) is 4.79. The van der Waals surface area contributed by atoms with E-state index in [9.17, 15) is 4.79 Å². The first-order valence-corrected chi connectivity index (χ1v) is 8.49. The molecule has 6 heteroatoms. The highest BCUT2D eigenvalue weighted by atomic mass is 35.5. The van der Waals surface area contributed by atoms with E-state index in [-0.39, 0.29) is 6.03 Å². The number of benzene rings is 1. The summed E-state index contributed by atoms with van der Waals surface area (Å²) >= 11 is 11.9. The predicted molar refractivity (Wildman–Crippen MR) is 86.3 cm³/mol. The van der Waals surface area contributed by atoms with E-state index in [0.717, 1.165) is 25.7 Å². The third-order valence-corrected chi connectivity index (χ3v) is 5.75. The monoisotopic (exact) mass is 340 g/mol. The smallest absolute Gasteiger partial charge is 0.321 e. The van der Waals surface area contributed by atoms with Crippen LogP contribution in [0.15, 0.2) is 18.2 Å². The van der Waals surface area contributed by atoms with Gasteiger partial charge in [0.2, 0.25) is 0 Å². The van der Waals surface area contributed by atoms with Gasteiger partial charge in [0.25, 0.3) is 0 Å². The zero-order valence-corrected chi connectivity index (χ0v) is 13.6. The highest BCUT2D eigenvalue weighted by Crippen LogP contribution is 2.51. The molecule has 2 aliphatic heterocycles. The van der Waals surface area contributed by atoms with Crippen LogP contribution in [0.1, 0.15) is 32.1 Å². The number of nitrogens with one attached hydrogen (secondary N) is 2. The van der Waals surface area contributed by atoms with Crippen LogP contribution in [-0.4, -0.2) is 17.9 Å².